The van der Waals surface area contributed by atoms with Crippen LogP contribution in [-0.4, -0.2) is 48.6 Å². The topological polar surface area (TPSA) is 81.9 Å². The van der Waals surface area contributed by atoms with Crippen LogP contribution in [0.15, 0.2) is 168 Å². The average molecular weight is 901 g/mol. The molecule has 5 aromatic carbocycles. The minimum atomic E-state index is -4.12. The molecule has 1 aliphatic carbocycles. The van der Waals surface area contributed by atoms with Crippen molar-refractivity contribution < 1.29 is 22.3 Å². The summed E-state index contributed by atoms with van der Waals surface area (Å²) in [5.41, 5.74) is 12.0. The van der Waals surface area contributed by atoms with Gasteiger partial charge in [0, 0.05) is 59.7 Å². The number of benzene rings is 5. The number of hydrogen-bond acceptors (Lipinski definition) is 5. The molecule has 7 nitrogen and oxygen atoms in total. The van der Waals surface area contributed by atoms with Crippen LogP contribution in [0, 0.1) is 0 Å². The Morgan fingerprint density at radius 2 is 1.52 bits per heavy atom. The predicted molar refractivity (Wildman–Crippen MR) is 276 cm³/mol. The van der Waals surface area contributed by atoms with Crippen molar-refractivity contribution in [2.75, 3.05) is 30.3 Å². The highest BCUT2D eigenvalue weighted by atomic mass is 32.2. The maximum atomic E-state index is 11.9. The van der Waals surface area contributed by atoms with Crippen LogP contribution in [0.2, 0.25) is 0 Å². The molecule has 8 heteroatoms. The molecule has 2 heterocycles. The quantitative estimate of drug-likeness (QED) is 0.0550. The minimum Gasteiger partial charge on any atom is -0.457 e. The third-order valence-electron chi connectivity index (χ3n) is 13.8. The minimum absolute atomic E-state index is 0.229. The van der Waals surface area contributed by atoms with Crippen LogP contribution in [0.5, 0.6) is 5.75 Å². The molecule has 0 bridgehead atoms. The Kier molecular flexibility index (Phi) is 13.5. The molecule has 0 saturated heterocycles. The predicted octanol–water partition coefficient (Wildman–Crippen LogP) is 13.4. The van der Waals surface area contributed by atoms with Crippen molar-refractivity contribution in [3.8, 4) is 5.75 Å². The molecule has 0 atom stereocenters. The molecule has 342 valence electrons. The highest BCUT2D eigenvalue weighted by molar-refractivity contribution is 7.85. The second-order valence-electron chi connectivity index (χ2n) is 19.3. The molecule has 8 rings (SSSR count). The zero-order chi connectivity index (χ0) is 46.8. The summed E-state index contributed by atoms with van der Waals surface area (Å²) in [7, 11) is -4.12. The van der Waals surface area contributed by atoms with Gasteiger partial charge in [-0.25, -0.2) is 0 Å². The number of anilines is 1. The van der Waals surface area contributed by atoms with Crippen LogP contribution in [0.25, 0.3) is 21.5 Å². The number of unbranched alkanes of at least 4 members (excludes halogenated alkanes) is 1. The van der Waals surface area contributed by atoms with Crippen molar-refractivity contribution in [3.63, 3.8) is 0 Å². The fourth-order valence-corrected chi connectivity index (χ4v) is 10.8. The SMILES string of the molecule is C=C(C)C(=C)NCCc1ccc(OC2=C(/C=C/C3=[N+](CCCC)c4ccc5ccccc5c4C3(C)C)CCC/C2=C\C=C2\N(CCCS(=O)(=O)O)c3ccc4ccccc4c3C2(C)C)cc1. The van der Waals surface area contributed by atoms with Gasteiger partial charge in [0.2, 0.25) is 5.69 Å². The van der Waals surface area contributed by atoms with Gasteiger partial charge in [-0.05, 0) is 139 Å². The zero-order valence-corrected chi connectivity index (χ0v) is 40.5. The molecular weight excluding hydrogens is 835 g/mol. The summed E-state index contributed by atoms with van der Waals surface area (Å²) in [5.74, 6) is 1.35. The van der Waals surface area contributed by atoms with E-state index in [-0.39, 0.29) is 17.6 Å². The van der Waals surface area contributed by atoms with E-state index >= 15 is 0 Å². The average Bonchev–Trinajstić information content (AvgIpc) is 3.65. The second-order valence-corrected chi connectivity index (χ2v) is 20.8. The van der Waals surface area contributed by atoms with Gasteiger partial charge < -0.3 is 15.0 Å². The summed E-state index contributed by atoms with van der Waals surface area (Å²) in [6.07, 6.45) is 15.2. The first-order valence-corrected chi connectivity index (χ1v) is 25.3. The Balaban J connectivity index is 1.21. The van der Waals surface area contributed by atoms with E-state index in [1.807, 2.05) is 6.92 Å². The van der Waals surface area contributed by atoms with Gasteiger partial charge in [-0.2, -0.15) is 13.0 Å². The zero-order valence-electron chi connectivity index (χ0n) is 39.7. The standard InChI is InChI=1S/C58H65N3O4S/c1-9-10-37-60-50-31-25-43-17-11-13-21-48(43)54(50)57(5,6)52(60)33-27-45-19-15-20-46(56(45)65-47-29-23-42(24-30-47)35-36-59-41(4)40(2)3)28-34-53-58(7,8)55-49-22-14-12-18-44(49)26-32-51(55)61(53)38-16-39-66(62,63)64/h11-14,17-18,21-34,59H,2,4,9-10,15-16,19-20,35-39H2,1,3,5-8H3/p+1. The molecule has 0 radical (unpaired) electrons. The van der Waals surface area contributed by atoms with E-state index in [9.17, 15) is 13.0 Å². The van der Waals surface area contributed by atoms with E-state index in [0.717, 1.165) is 102 Å². The lowest BCUT2D eigenvalue weighted by Crippen LogP contribution is -2.28. The maximum Gasteiger partial charge on any atom is 0.264 e. The number of nitrogens with zero attached hydrogens (tertiary/aromatic N) is 2. The molecule has 0 fully saturated rings. The third kappa shape index (κ3) is 9.49. The van der Waals surface area contributed by atoms with Crippen molar-refractivity contribution in [1.82, 2.24) is 5.32 Å². The van der Waals surface area contributed by atoms with Crippen molar-refractivity contribution in [1.29, 1.82) is 0 Å². The first-order valence-electron chi connectivity index (χ1n) is 23.7. The van der Waals surface area contributed by atoms with Gasteiger partial charge in [-0.1, -0.05) is 113 Å². The van der Waals surface area contributed by atoms with Crippen molar-refractivity contribution in [2.45, 2.75) is 97.3 Å². The molecule has 0 unspecified atom stereocenters. The van der Waals surface area contributed by atoms with Gasteiger partial charge in [0.15, 0.2) is 5.71 Å². The number of rotatable bonds is 17. The van der Waals surface area contributed by atoms with E-state index in [1.165, 1.54) is 44.2 Å². The third-order valence-corrected chi connectivity index (χ3v) is 14.6. The van der Waals surface area contributed by atoms with E-state index in [0.29, 0.717) is 6.54 Å². The summed E-state index contributed by atoms with van der Waals surface area (Å²) in [6, 6.07) is 34.5. The van der Waals surface area contributed by atoms with E-state index in [1.54, 1.807) is 0 Å². The molecule has 0 spiro atoms. The second kappa shape index (κ2) is 19.1. The summed E-state index contributed by atoms with van der Waals surface area (Å²) < 4.78 is 43.2. The molecule has 0 saturated carbocycles. The van der Waals surface area contributed by atoms with Crippen molar-refractivity contribution >= 4 is 48.7 Å². The van der Waals surface area contributed by atoms with Gasteiger partial charge in [0.25, 0.3) is 10.1 Å². The molecule has 2 N–H and O–H groups in total. The number of ether oxygens (including phenoxy) is 1. The number of hydrogen-bond donors (Lipinski definition) is 2. The monoisotopic (exact) mass is 900 g/mol. The van der Waals surface area contributed by atoms with Gasteiger partial charge in [0.1, 0.15) is 18.1 Å². The highest BCUT2D eigenvalue weighted by Gasteiger charge is 2.45. The molecule has 0 aromatic heterocycles. The molecular formula is C58H66N3O4S+. The van der Waals surface area contributed by atoms with Gasteiger partial charge in [0.05, 0.1) is 11.2 Å². The van der Waals surface area contributed by atoms with Crippen LogP contribution in [0.4, 0.5) is 11.4 Å². The largest absolute Gasteiger partial charge is 0.457 e. The lowest BCUT2D eigenvalue weighted by molar-refractivity contribution is -0.438. The number of fused-ring (bicyclic) bond motifs is 6. The van der Waals surface area contributed by atoms with Crippen molar-refractivity contribution in [2.24, 2.45) is 0 Å². The Hall–Kier alpha value is -5.96. The lowest BCUT2D eigenvalue weighted by atomic mass is 9.78. The van der Waals surface area contributed by atoms with E-state index < -0.39 is 15.5 Å². The summed E-state index contributed by atoms with van der Waals surface area (Å²) >= 11 is 0. The number of nitrogens with one attached hydrogen (secondary N) is 1. The van der Waals surface area contributed by atoms with Gasteiger partial charge >= 0.3 is 0 Å². The van der Waals surface area contributed by atoms with Crippen LogP contribution < -0.4 is 15.0 Å². The number of allylic oxidation sites excluding steroid dienone is 8. The fourth-order valence-electron chi connectivity index (χ4n) is 10.3. The maximum absolute atomic E-state index is 11.9. The van der Waals surface area contributed by atoms with Gasteiger partial charge in [-0.3, -0.25) is 4.55 Å². The normalized spacial score (nSPS) is 18.0. The molecule has 0 amide bonds. The molecule has 5 aromatic rings. The first kappa shape index (κ1) is 46.6. The summed E-state index contributed by atoms with van der Waals surface area (Å²) in [6.45, 7) is 23.7. The van der Waals surface area contributed by atoms with Crippen LogP contribution in [0.1, 0.15) is 96.8 Å². The Bertz CT molecular complexity index is 2980. The van der Waals surface area contributed by atoms with Crippen molar-refractivity contribution in [3.05, 3.63) is 185 Å². The van der Waals surface area contributed by atoms with Crippen LogP contribution in [-0.2, 0) is 27.4 Å². The Morgan fingerprint density at radius 1 is 0.833 bits per heavy atom. The summed E-state index contributed by atoms with van der Waals surface area (Å²) in [4.78, 5) is 2.25. The van der Waals surface area contributed by atoms with E-state index in [2.05, 4.69) is 184 Å². The highest BCUT2D eigenvalue weighted by Crippen LogP contribution is 2.51. The van der Waals surface area contributed by atoms with Crippen LogP contribution in [0.3, 0.4) is 0 Å². The molecule has 66 heavy (non-hydrogen) atoms. The molecule has 2 aliphatic heterocycles. The Labute approximate surface area is 393 Å². The Morgan fingerprint density at radius 3 is 2.20 bits per heavy atom. The van der Waals surface area contributed by atoms with E-state index in [4.69, 9.17) is 4.74 Å². The smallest absolute Gasteiger partial charge is 0.264 e. The first-order chi connectivity index (χ1) is 31.6. The fraction of sp³-hybridized carbons (Fsp3) is 0.328. The van der Waals surface area contributed by atoms with Gasteiger partial charge in [-0.15, -0.1) is 0 Å². The summed E-state index contributed by atoms with van der Waals surface area (Å²) in [5, 5.41) is 8.29. The molecule has 3 aliphatic rings. The lowest BCUT2D eigenvalue weighted by Gasteiger charge is -2.27. The van der Waals surface area contributed by atoms with Crippen LogP contribution >= 0.6 is 0 Å².